The number of ether oxygens (including phenoxy) is 2. The Morgan fingerprint density at radius 2 is 2.17 bits per heavy atom. The molecule has 0 spiro atoms. The molecule has 0 aliphatic carbocycles. The molecule has 1 fully saturated rings. The van der Waals surface area contributed by atoms with Crippen LogP contribution >= 0.6 is 0 Å². The molecular weight excluding hydrogens is 226 g/mol. The zero-order valence-electron chi connectivity index (χ0n) is 11.7. The molecule has 0 amide bonds. The summed E-state index contributed by atoms with van der Waals surface area (Å²) >= 11 is 0. The topological polar surface area (TPSA) is 30.5 Å². The van der Waals surface area contributed by atoms with E-state index in [1.54, 1.807) is 7.11 Å². The van der Waals surface area contributed by atoms with Gasteiger partial charge in [-0.15, -0.1) is 0 Å². The van der Waals surface area contributed by atoms with E-state index < -0.39 is 0 Å². The Morgan fingerprint density at radius 3 is 2.72 bits per heavy atom. The van der Waals surface area contributed by atoms with Crippen molar-refractivity contribution >= 4 is 0 Å². The smallest absolute Gasteiger partial charge is 0.124 e. The number of methoxy groups -OCH3 is 1. The highest BCUT2D eigenvalue weighted by atomic mass is 16.5. The summed E-state index contributed by atoms with van der Waals surface area (Å²) in [6.45, 7) is 8.14. The van der Waals surface area contributed by atoms with E-state index >= 15 is 0 Å². The van der Waals surface area contributed by atoms with Gasteiger partial charge in [-0.1, -0.05) is 19.9 Å². The third-order valence-corrected chi connectivity index (χ3v) is 3.47. The summed E-state index contributed by atoms with van der Waals surface area (Å²) in [7, 11) is 1.72. The molecule has 0 radical (unpaired) electrons. The molecule has 0 aromatic heterocycles. The van der Waals surface area contributed by atoms with Gasteiger partial charge in [-0.25, -0.2) is 0 Å². The maximum Gasteiger partial charge on any atom is 0.124 e. The summed E-state index contributed by atoms with van der Waals surface area (Å²) in [5, 5.41) is 3.45. The van der Waals surface area contributed by atoms with Crippen LogP contribution in [-0.2, 0) is 4.74 Å². The molecule has 1 aromatic rings. The van der Waals surface area contributed by atoms with Crippen molar-refractivity contribution in [3.63, 3.8) is 0 Å². The second-order valence-corrected chi connectivity index (χ2v) is 5.29. The van der Waals surface area contributed by atoms with Gasteiger partial charge < -0.3 is 14.8 Å². The summed E-state index contributed by atoms with van der Waals surface area (Å²) in [6, 6.07) is 6.82. The number of morpholine rings is 1. The van der Waals surface area contributed by atoms with Gasteiger partial charge >= 0.3 is 0 Å². The number of benzene rings is 1. The van der Waals surface area contributed by atoms with E-state index in [1.165, 1.54) is 5.56 Å². The first-order chi connectivity index (χ1) is 8.61. The standard InChI is InChI=1S/C15H23NO2/c1-10(2)12-5-6-14(17-4)13(7-12)15-8-16-11(3)9-18-15/h5-7,10-11,15-16H,8-9H2,1-4H3. The Morgan fingerprint density at radius 1 is 1.39 bits per heavy atom. The van der Waals surface area contributed by atoms with Gasteiger partial charge in [0.15, 0.2) is 0 Å². The van der Waals surface area contributed by atoms with Gasteiger partial charge in [0.2, 0.25) is 0 Å². The molecule has 100 valence electrons. The van der Waals surface area contributed by atoms with Crippen LogP contribution in [0, 0.1) is 0 Å². The number of hydrogen-bond donors (Lipinski definition) is 1. The maximum absolute atomic E-state index is 5.91. The predicted molar refractivity (Wildman–Crippen MR) is 73.2 cm³/mol. The quantitative estimate of drug-likeness (QED) is 0.893. The van der Waals surface area contributed by atoms with E-state index in [9.17, 15) is 0 Å². The van der Waals surface area contributed by atoms with E-state index in [1.807, 2.05) is 6.07 Å². The second kappa shape index (κ2) is 5.72. The fraction of sp³-hybridized carbons (Fsp3) is 0.600. The SMILES string of the molecule is COc1ccc(C(C)C)cc1C1CNC(C)CO1. The summed E-state index contributed by atoms with van der Waals surface area (Å²) in [6.07, 6.45) is 0.0925. The molecule has 0 bridgehead atoms. The summed E-state index contributed by atoms with van der Waals surface area (Å²) in [5.41, 5.74) is 2.48. The second-order valence-electron chi connectivity index (χ2n) is 5.29. The van der Waals surface area contributed by atoms with Crippen LogP contribution in [0.3, 0.4) is 0 Å². The monoisotopic (exact) mass is 249 g/mol. The van der Waals surface area contributed by atoms with E-state index in [-0.39, 0.29) is 6.10 Å². The third kappa shape index (κ3) is 2.85. The van der Waals surface area contributed by atoms with Crippen molar-refractivity contribution in [3.8, 4) is 5.75 Å². The van der Waals surface area contributed by atoms with Crippen molar-refractivity contribution in [2.75, 3.05) is 20.3 Å². The zero-order chi connectivity index (χ0) is 13.1. The van der Waals surface area contributed by atoms with Crippen LogP contribution in [-0.4, -0.2) is 26.3 Å². The lowest BCUT2D eigenvalue weighted by atomic mass is 9.97. The van der Waals surface area contributed by atoms with Crippen LogP contribution < -0.4 is 10.1 Å². The highest BCUT2D eigenvalue weighted by Crippen LogP contribution is 2.31. The molecule has 2 atom stereocenters. The Kier molecular flexibility index (Phi) is 4.25. The van der Waals surface area contributed by atoms with Gasteiger partial charge in [-0.05, 0) is 30.5 Å². The molecule has 1 N–H and O–H groups in total. The molecule has 1 heterocycles. The lowest BCUT2D eigenvalue weighted by Gasteiger charge is -2.29. The molecule has 3 nitrogen and oxygen atoms in total. The van der Waals surface area contributed by atoms with Crippen LogP contribution in [0.25, 0.3) is 0 Å². The molecule has 1 aliphatic rings. The minimum absolute atomic E-state index is 0.0925. The lowest BCUT2D eigenvalue weighted by Crippen LogP contribution is -2.40. The summed E-state index contributed by atoms with van der Waals surface area (Å²) in [4.78, 5) is 0. The molecule has 1 saturated heterocycles. The Bertz CT molecular complexity index is 395. The van der Waals surface area contributed by atoms with Gasteiger partial charge in [0, 0.05) is 18.2 Å². The van der Waals surface area contributed by atoms with Crippen LogP contribution in [0.4, 0.5) is 0 Å². The number of nitrogens with one attached hydrogen (secondary N) is 1. The first-order valence-electron chi connectivity index (χ1n) is 6.64. The van der Waals surface area contributed by atoms with Crippen LogP contribution in [0.1, 0.15) is 43.9 Å². The van der Waals surface area contributed by atoms with Crippen molar-refractivity contribution in [2.45, 2.75) is 38.8 Å². The number of hydrogen-bond acceptors (Lipinski definition) is 3. The average Bonchev–Trinajstić information content (AvgIpc) is 2.39. The molecular formula is C15H23NO2. The molecule has 2 rings (SSSR count). The van der Waals surface area contributed by atoms with Crippen molar-refractivity contribution in [2.24, 2.45) is 0 Å². The molecule has 18 heavy (non-hydrogen) atoms. The van der Waals surface area contributed by atoms with Gasteiger partial charge in [-0.3, -0.25) is 0 Å². The van der Waals surface area contributed by atoms with E-state index in [0.29, 0.717) is 12.0 Å². The zero-order valence-corrected chi connectivity index (χ0v) is 11.7. The van der Waals surface area contributed by atoms with Crippen molar-refractivity contribution < 1.29 is 9.47 Å². The fourth-order valence-electron chi connectivity index (χ4n) is 2.25. The highest BCUT2D eigenvalue weighted by Gasteiger charge is 2.23. The Balaban J connectivity index is 2.26. The van der Waals surface area contributed by atoms with E-state index in [2.05, 4.69) is 38.2 Å². The van der Waals surface area contributed by atoms with Gasteiger partial charge in [-0.2, -0.15) is 0 Å². The minimum Gasteiger partial charge on any atom is -0.496 e. The number of rotatable bonds is 3. The van der Waals surface area contributed by atoms with Gasteiger partial charge in [0.1, 0.15) is 5.75 Å². The summed E-state index contributed by atoms with van der Waals surface area (Å²) in [5.74, 6) is 1.44. The van der Waals surface area contributed by atoms with Crippen LogP contribution in [0.2, 0.25) is 0 Å². The van der Waals surface area contributed by atoms with Gasteiger partial charge in [0.05, 0.1) is 19.8 Å². The van der Waals surface area contributed by atoms with Crippen LogP contribution in [0.5, 0.6) is 5.75 Å². The third-order valence-electron chi connectivity index (χ3n) is 3.47. The van der Waals surface area contributed by atoms with Crippen molar-refractivity contribution in [3.05, 3.63) is 29.3 Å². The first-order valence-corrected chi connectivity index (χ1v) is 6.64. The molecule has 3 heteroatoms. The van der Waals surface area contributed by atoms with Crippen LogP contribution in [0.15, 0.2) is 18.2 Å². The van der Waals surface area contributed by atoms with E-state index in [0.717, 1.165) is 24.5 Å². The largest absolute Gasteiger partial charge is 0.496 e. The molecule has 1 aromatic carbocycles. The first kappa shape index (κ1) is 13.4. The highest BCUT2D eigenvalue weighted by molar-refractivity contribution is 5.40. The molecule has 0 saturated carbocycles. The predicted octanol–water partition coefficient (Wildman–Crippen LogP) is 2.87. The molecule has 1 aliphatic heterocycles. The summed E-state index contributed by atoms with van der Waals surface area (Å²) < 4.78 is 11.4. The van der Waals surface area contributed by atoms with Crippen molar-refractivity contribution in [1.29, 1.82) is 0 Å². The molecule has 2 unspecified atom stereocenters. The van der Waals surface area contributed by atoms with Gasteiger partial charge in [0.25, 0.3) is 0 Å². The normalized spacial score (nSPS) is 24.3. The maximum atomic E-state index is 5.91. The Hall–Kier alpha value is -1.06. The Labute approximate surface area is 109 Å². The van der Waals surface area contributed by atoms with E-state index in [4.69, 9.17) is 9.47 Å². The van der Waals surface area contributed by atoms with Crippen molar-refractivity contribution in [1.82, 2.24) is 5.32 Å². The minimum atomic E-state index is 0.0925. The lowest BCUT2D eigenvalue weighted by molar-refractivity contribution is 0.00568. The fourth-order valence-corrected chi connectivity index (χ4v) is 2.25. The average molecular weight is 249 g/mol.